The highest BCUT2D eigenvalue weighted by Crippen LogP contribution is 2.30. The third-order valence-electron chi connectivity index (χ3n) is 4.08. The summed E-state index contributed by atoms with van der Waals surface area (Å²) in [4.78, 5) is 0. The van der Waals surface area contributed by atoms with Crippen molar-refractivity contribution in [1.82, 2.24) is 0 Å². The molecule has 0 aliphatic heterocycles. The number of aryl methyl sites for hydroxylation is 2. The van der Waals surface area contributed by atoms with Crippen LogP contribution in [0, 0.1) is 0 Å². The minimum atomic E-state index is 0.487. The first-order valence-corrected chi connectivity index (χ1v) is 7.93. The van der Waals surface area contributed by atoms with E-state index in [-0.39, 0.29) is 0 Å². The molecule has 0 unspecified atom stereocenters. The standard InChI is InChI=1S/C20H26/c1-4-10-17-12-6-8-14-19(17)16(3)20-15-9-7-13-18(20)11-5-2/h6-9,12-16H,4-5,10-11H2,1-3H3. The molecule has 0 saturated heterocycles. The monoisotopic (exact) mass is 266 g/mol. The molecular weight excluding hydrogens is 240 g/mol. The fraction of sp³-hybridized carbons (Fsp3) is 0.400. The van der Waals surface area contributed by atoms with Crippen molar-refractivity contribution in [2.24, 2.45) is 0 Å². The summed E-state index contributed by atoms with van der Waals surface area (Å²) in [6, 6.07) is 17.9. The van der Waals surface area contributed by atoms with Crippen LogP contribution >= 0.6 is 0 Å². The van der Waals surface area contributed by atoms with E-state index in [1.165, 1.54) is 47.9 Å². The Bertz CT molecular complexity index is 490. The van der Waals surface area contributed by atoms with Gasteiger partial charge in [0.1, 0.15) is 0 Å². The molecule has 0 amide bonds. The van der Waals surface area contributed by atoms with Gasteiger partial charge in [0, 0.05) is 5.92 Å². The largest absolute Gasteiger partial charge is 0.0651 e. The summed E-state index contributed by atoms with van der Waals surface area (Å²) in [6.07, 6.45) is 4.77. The van der Waals surface area contributed by atoms with E-state index in [0.29, 0.717) is 5.92 Å². The first-order chi connectivity index (χ1) is 9.77. The van der Waals surface area contributed by atoms with Gasteiger partial charge in [-0.2, -0.15) is 0 Å². The maximum absolute atomic E-state index is 2.35. The van der Waals surface area contributed by atoms with Crippen molar-refractivity contribution in [3.8, 4) is 0 Å². The predicted molar refractivity (Wildman–Crippen MR) is 88.4 cm³/mol. The van der Waals surface area contributed by atoms with Gasteiger partial charge in [0.15, 0.2) is 0 Å². The third-order valence-corrected chi connectivity index (χ3v) is 4.08. The Labute approximate surface area is 123 Å². The van der Waals surface area contributed by atoms with E-state index in [4.69, 9.17) is 0 Å². The van der Waals surface area contributed by atoms with Crippen LogP contribution < -0.4 is 0 Å². The molecule has 0 fully saturated rings. The van der Waals surface area contributed by atoms with Gasteiger partial charge >= 0.3 is 0 Å². The first kappa shape index (κ1) is 14.8. The normalized spacial score (nSPS) is 11.0. The van der Waals surface area contributed by atoms with Crippen molar-refractivity contribution in [2.75, 3.05) is 0 Å². The van der Waals surface area contributed by atoms with E-state index in [0.717, 1.165) is 0 Å². The molecule has 0 bridgehead atoms. The molecular formula is C20H26. The zero-order chi connectivity index (χ0) is 14.4. The second kappa shape index (κ2) is 7.28. The van der Waals surface area contributed by atoms with Crippen LogP contribution in [-0.4, -0.2) is 0 Å². The number of hydrogen-bond acceptors (Lipinski definition) is 0. The molecule has 0 aliphatic rings. The molecule has 0 saturated carbocycles. The fourth-order valence-corrected chi connectivity index (χ4v) is 3.07. The highest BCUT2D eigenvalue weighted by Gasteiger charge is 2.14. The number of hydrogen-bond donors (Lipinski definition) is 0. The van der Waals surface area contributed by atoms with Crippen molar-refractivity contribution in [3.63, 3.8) is 0 Å². The molecule has 0 heterocycles. The lowest BCUT2D eigenvalue weighted by Crippen LogP contribution is -2.04. The second-order valence-electron chi connectivity index (χ2n) is 5.62. The maximum Gasteiger partial charge on any atom is 0.00664 e. The molecule has 0 spiro atoms. The van der Waals surface area contributed by atoms with Gasteiger partial charge in [-0.05, 0) is 35.1 Å². The van der Waals surface area contributed by atoms with Crippen molar-refractivity contribution in [3.05, 3.63) is 70.8 Å². The lowest BCUT2D eigenvalue weighted by Gasteiger charge is -2.20. The Morgan fingerprint density at radius 3 is 1.50 bits per heavy atom. The summed E-state index contributed by atoms with van der Waals surface area (Å²) in [5.41, 5.74) is 6.01. The van der Waals surface area contributed by atoms with Gasteiger partial charge in [0.25, 0.3) is 0 Å². The second-order valence-corrected chi connectivity index (χ2v) is 5.62. The van der Waals surface area contributed by atoms with Crippen molar-refractivity contribution in [2.45, 2.75) is 52.4 Å². The molecule has 0 aromatic heterocycles. The van der Waals surface area contributed by atoms with E-state index in [2.05, 4.69) is 69.3 Å². The summed E-state index contributed by atoms with van der Waals surface area (Å²) >= 11 is 0. The Kier molecular flexibility index (Phi) is 5.40. The molecule has 0 nitrogen and oxygen atoms in total. The molecule has 0 radical (unpaired) electrons. The summed E-state index contributed by atoms with van der Waals surface area (Å²) in [7, 11) is 0. The SMILES string of the molecule is CCCc1ccccc1C(C)c1ccccc1CCC. The van der Waals surface area contributed by atoms with Crippen LogP contribution in [0.5, 0.6) is 0 Å². The molecule has 2 aromatic carbocycles. The fourth-order valence-electron chi connectivity index (χ4n) is 3.07. The molecule has 0 heteroatoms. The lowest BCUT2D eigenvalue weighted by atomic mass is 9.85. The van der Waals surface area contributed by atoms with Gasteiger partial charge in [0.2, 0.25) is 0 Å². The summed E-state index contributed by atoms with van der Waals surface area (Å²) in [6.45, 7) is 6.86. The van der Waals surface area contributed by atoms with Crippen molar-refractivity contribution < 1.29 is 0 Å². The van der Waals surface area contributed by atoms with Gasteiger partial charge in [-0.3, -0.25) is 0 Å². The van der Waals surface area contributed by atoms with Gasteiger partial charge in [-0.25, -0.2) is 0 Å². The third kappa shape index (κ3) is 3.30. The van der Waals surface area contributed by atoms with Crippen LogP contribution in [0.2, 0.25) is 0 Å². The van der Waals surface area contributed by atoms with E-state index in [1.807, 2.05) is 0 Å². The van der Waals surface area contributed by atoms with Crippen molar-refractivity contribution >= 4 is 0 Å². The van der Waals surface area contributed by atoms with Crippen LogP contribution in [0.4, 0.5) is 0 Å². The average Bonchev–Trinajstić information content (AvgIpc) is 2.48. The summed E-state index contributed by atoms with van der Waals surface area (Å²) in [5, 5.41) is 0. The van der Waals surface area contributed by atoms with Gasteiger partial charge in [-0.15, -0.1) is 0 Å². The highest BCUT2D eigenvalue weighted by molar-refractivity contribution is 5.41. The van der Waals surface area contributed by atoms with Crippen molar-refractivity contribution in [1.29, 1.82) is 0 Å². The van der Waals surface area contributed by atoms with E-state index in [1.54, 1.807) is 0 Å². The quantitative estimate of drug-likeness (QED) is 0.625. The molecule has 2 aromatic rings. The minimum Gasteiger partial charge on any atom is -0.0651 e. The van der Waals surface area contributed by atoms with Crippen LogP contribution in [-0.2, 0) is 12.8 Å². The molecule has 0 atom stereocenters. The van der Waals surface area contributed by atoms with E-state index in [9.17, 15) is 0 Å². The topological polar surface area (TPSA) is 0 Å². The maximum atomic E-state index is 2.35. The zero-order valence-electron chi connectivity index (χ0n) is 13.0. The zero-order valence-corrected chi connectivity index (χ0v) is 13.0. The highest BCUT2D eigenvalue weighted by atomic mass is 14.2. The number of benzene rings is 2. The van der Waals surface area contributed by atoms with Crippen LogP contribution in [0.3, 0.4) is 0 Å². The van der Waals surface area contributed by atoms with E-state index >= 15 is 0 Å². The molecule has 106 valence electrons. The Morgan fingerprint density at radius 2 is 1.10 bits per heavy atom. The molecule has 20 heavy (non-hydrogen) atoms. The Morgan fingerprint density at radius 1 is 0.700 bits per heavy atom. The number of rotatable bonds is 6. The average molecular weight is 266 g/mol. The molecule has 0 N–H and O–H groups in total. The Balaban J connectivity index is 2.38. The first-order valence-electron chi connectivity index (χ1n) is 7.93. The summed E-state index contributed by atoms with van der Waals surface area (Å²) in [5.74, 6) is 0.487. The summed E-state index contributed by atoms with van der Waals surface area (Å²) < 4.78 is 0. The van der Waals surface area contributed by atoms with E-state index < -0.39 is 0 Å². The minimum absolute atomic E-state index is 0.487. The Hall–Kier alpha value is -1.56. The van der Waals surface area contributed by atoms with Gasteiger partial charge in [-0.1, -0.05) is 82.1 Å². The van der Waals surface area contributed by atoms with Crippen LogP contribution in [0.1, 0.15) is 61.8 Å². The van der Waals surface area contributed by atoms with Crippen LogP contribution in [0.25, 0.3) is 0 Å². The van der Waals surface area contributed by atoms with Gasteiger partial charge < -0.3 is 0 Å². The van der Waals surface area contributed by atoms with Crippen LogP contribution in [0.15, 0.2) is 48.5 Å². The molecule has 2 rings (SSSR count). The lowest BCUT2D eigenvalue weighted by molar-refractivity contribution is 0.825. The van der Waals surface area contributed by atoms with Gasteiger partial charge in [0.05, 0.1) is 0 Å². The molecule has 0 aliphatic carbocycles. The smallest absolute Gasteiger partial charge is 0.00664 e. The predicted octanol–water partition coefficient (Wildman–Crippen LogP) is 5.74.